The van der Waals surface area contributed by atoms with Gasteiger partial charge in [-0.15, -0.1) is 0 Å². The van der Waals surface area contributed by atoms with Crippen LogP contribution in [0.4, 0.5) is 5.95 Å². The molecule has 17 heavy (non-hydrogen) atoms. The second-order valence-electron chi connectivity index (χ2n) is 4.53. The summed E-state index contributed by atoms with van der Waals surface area (Å²) >= 11 is 0. The molecule has 0 aliphatic carbocycles. The van der Waals surface area contributed by atoms with E-state index in [-0.39, 0.29) is 0 Å². The second kappa shape index (κ2) is 5.60. The Hall–Kier alpha value is -1.67. The first-order chi connectivity index (χ1) is 8.28. The van der Waals surface area contributed by atoms with Crippen LogP contribution < -0.4 is 5.32 Å². The van der Waals surface area contributed by atoms with Gasteiger partial charge in [-0.1, -0.05) is 0 Å². The molecule has 1 aromatic heterocycles. The highest BCUT2D eigenvalue weighted by atomic mass is 15.1. The predicted octanol–water partition coefficient (Wildman–Crippen LogP) is 1.10. The highest BCUT2D eigenvalue weighted by Gasteiger charge is 2.16. The van der Waals surface area contributed by atoms with Crippen molar-refractivity contribution in [2.24, 2.45) is 5.92 Å². The van der Waals surface area contributed by atoms with Gasteiger partial charge in [0.05, 0.1) is 0 Å². The fraction of sp³-hybridized carbons (Fsp3) is 0.583. The van der Waals surface area contributed by atoms with Gasteiger partial charge in [-0.05, 0) is 38.4 Å². The Balaban J connectivity index is 1.87. The van der Waals surface area contributed by atoms with Crippen molar-refractivity contribution in [3.8, 4) is 6.07 Å². The third-order valence-electron chi connectivity index (χ3n) is 3.04. The van der Waals surface area contributed by atoms with Crippen LogP contribution in [0, 0.1) is 17.2 Å². The lowest BCUT2D eigenvalue weighted by molar-refractivity contribution is 0.217. The van der Waals surface area contributed by atoms with Crippen LogP contribution in [0.3, 0.4) is 0 Å². The summed E-state index contributed by atoms with van der Waals surface area (Å²) in [5.41, 5.74) is 0.406. The zero-order chi connectivity index (χ0) is 12.1. The standard InChI is InChI=1S/C12H17N5/c1-17-6-2-3-10(9-17)8-15-12-14-5-4-11(7-13)16-12/h4-5,10H,2-3,6,8-9H2,1H3,(H,14,15,16). The van der Waals surface area contributed by atoms with E-state index in [0.29, 0.717) is 17.6 Å². The minimum absolute atomic E-state index is 0.406. The van der Waals surface area contributed by atoms with Crippen molar-refractivity contribution in [3.63, 3.8) is 0 Å². The number of hydrogen-bond acceptors (Lipinski definition) is 5. The minimum Gasteiger partial charge on any atom is -0.354 e. The summed E-state index contributed by atoms with van der Waals surface area (Å²) in [6.45, 7) is 3.18. The second-order valence-corrected chi connectivity index (χ2v) is 4.53. The molecular formula is C12H17N5. The van der Waals surface area contributed by atoms with E-state index in [1.165, 1.54) is 19.4 Å². The van der Waals surface area contributed by atoms with Crippen molar-refractivity contribution in [1.82, 2.24) is 14.9 Å². The molecule has 1 atom stereocenters. The first kappa shape index (κ1) is 11.8. The summed E-state index contributed by atoms with van der Waals surface area (Å²) < 4.78 is 0. The lowest BCUT2D eigenvalue weighted by Gasteiger charge is -2.29. The summed E-state index contributed by atoms with van der Waals surface area (Å²) in [4.78, 5) is 10.6. The Morgan fingerprint density at radius 2 is 2.53 bits per heavy atom. The molecule has 1 N–H and O–H groups in total. The maximum absolute atomic E-state index is 8.74. The monoisotopic (exact) mass is 231 g/mol. The average molecular weight is 231 g/mol. The lowest BCUT2D eigenvalue weighted by atomic mass is 9.99. The Morgan fingerprint density at radius 1 is 1.65 bits per heavy atom. The molecule has 5 heteroatoms. The summed E-state index contributed by atoms with van der Waals surface area (Å²) in [7, 11) is 2.15. The van der Waals surface area contributed by atoms with Crippen molar-refractivity contribution in [2.75, 3.05) is 32.0 Å². The summed E-state index contributed by atoms with van der Waals surface area (Å²) in [5, 5.41) is 11.9. The quantitative estimate of drug-likeness (QED) is 0.844. The van der Waals surface area contributed by atoms with Crippen molar-refractivity contribution >= 4 is 5.95 Å². The normalized spacial score (nSPS) is 20.8. The molecule has 90 valence electrons. The van der Waals surface area contributed by atoms with E-state index < -0.39 is 0 Å². The van der Waals surface area contributed by atoms with Gasteiger partial charge >= 0.3 is 0 Å². The molecule has 0 saturated carbocycles. The molecule has 1 unspecified atom stereocenters. The molecule has 0 amide bonds. The van der Waals surface area contributed by atoms with Crippen LogP contribution in [-0.4, -0.2) is 41.5 Å². The zero-order valence-corrected chi connectivity index (χ0v) is 10.1. The molecule has 0 aromatic carbocycles. The molecule has 1 aliphatic rings. The first-order valence-electron chi connectivity index (χ1n) is 5.93. The molecule has 5 nitrogen and oxygen atoms in total. The number of nitriles is 1. The number of hydrogen-bond donors (Lipinski definition) is 1. The van der Waals surface area contributed by atoms with Crippen LogP contribution in [0.1, 0.15) is 18.5 Å². The van der Waals surface area contributed by atoms with E-state index in [1.807, 2.05) is 6.07 Å². The maximum Gasteiger partial charge on any atom is 0.223 e. The fourth-order valence-electron chi connectivity index (χ4n) is 2.18. The predicted molar refractivity (Wildman–Crippen MR) is 65.5 cm³/mol. The van der Waals surface area contributed by atoms with Gasteiger partial charge in [0.15, 0.2) is 0 Å². The smallest absolute Gasteiger partial charge is 0.223 e. The third kappa shape index (κ3) is 3.40. The molecule has 1 aromatic rings. The number of piperidine rings is 1. The van der Waals surface area contributed by atoms with Gasteiger partial charge in [-0.2, -0.15) is 5.26 Å². The molecule has 2 heterocycles. The van der Waals surface area contributed by atoms with Crippen molar-refractivity contribution < 1.29 is 0 Å². The molecule has 2 rings (SSSR count). The number of anilines is 1. The fourth-order valence-corrected chi connectivity index (χ4v) is 2.18. The maximum atomic E-state index is 8.74. The Morgan fingerprint density at radius 3 is 3.29 bits per heavy atom. The van der Waals surface area contributed by atoms with E-state index in [0.717, 1.165) is 13.1 Å². The van der Waals surface area contributed by atoms with Gasteiger partial charge in [0.1, 0.15) is 11.8 Å². The van der Waals surface area contributed by atoms with Crippen LogP contribution in [0.2, 0.25) is 0 Å². The van der Waals surface area contributed by atoms with Crippen molar-refractivity contribution in [3.05, 3.63) is 18.0 Å². The van der Waals surface area contributed by atoms with E-state index in [1.54, 1.807) is 12.3 Å². The lowest BCUT2D eigenvalue weighted by Crippen LogP contribution is -2.35. The van der Waals surface area contributed by atoms with Gasteiger partial charge in [0.25, 0.3) is 0 Å². The van der Waals surface area contributed by atoms with E-state index in [2.05, 4.69) is 27.2 Å². The van der Waals surface area contributed by atoms with Gasteiger partial charge in [0, 0.05) is 19.3 Å². The topological polar surface area (TPSA) is 64.8 Å². The molecule has 1 fully saturated rings. The number of nitrogens with zero attached hydrogens (tertiary/aromatic N) is 4. The van der Waals surface area contributed by atoms with Crippen LogP contribution in [0.25, 0.3) is 0 Å². The third-order valence-corrected chi connectivity index (χ3v) is 3.04. The molecule has 1 saturated heterocycles. The summed E-state index contributed by atoms with van der Waals surface area (Å²) in [5.74, 6) is 1.19. The van der Waals surface area contributed by atoms with Crippen molar-refractivity contribution in [1.29, 1.82) is 5.26 Å². The zero-order valence-electron chi connectivity index (χ0n) is 10.1. The van der Waals surface area contributed by atoms with Gasteiger partial charge in [-0.3, -0.25) is 0 Å². The summed E-state index contributed by atoms with van der Waals surface area (Å²) in [6, 6.07) is 3.62. The largest absolute Gasteiger partial charge is 0.354 e. The van der Waals surface area contributed by atoms with E-state index >= 15 is 0 Å². The number of nitrogens with one attached hydrogen (secondary N) is 1. The van der Waals surface area contributed by atoms with Gasteiger partial charge in [0.2, 0.25) is 5.95 Å². The van der Waals surface area contributed by atoms with Gasteiger partial charge in [-0.25, -0.2) is 9.97 Å². The molecule has 0 radical (unpaired) electrons. The van der Waals surface area contributed by atoms with E-state index in [4.69, 9.17) is 5.26 Å². The summed E-state index contributed by atoms with van der Waals surface area (Å²) in [6.07, 6.45) is 4.11. The van der Waals surface area contributed by atoms with Crippen LogP contribution in [0.15, 0.2) is 12.3 Å². The molecule has 0 spiro atoms. The van der Waals surface area contributed by atoms with Gasteiger partial charge < -0.3 is 10.2 Å². The SMILES string of the molecule is CN1CCCC(CNc2nccc(C#N)n2)C1. The Bertz CT molecular complexity index is 412. The highest BCUT2D eigenvalue weighted by Crippen LogP contribution is 2.15. The van der Waals surface area contributed by atoms with Crippen LogP contribution in [0.5, 0.6) is 0 Å². The highest BCUT2D eigenvalue weighted by molar-refractivity contribution is 5.29. The minimum atomic E-state index is 0.406. The number of aromatic nitrogens is 2. The van der Waals surface area contributed by atoms with Crippen LogP contribution in [-0.2, 0) is 0 Å². The average Bonchev–Trinajstić information content (AvgIpc) is 2.37. The molecule has 0 bridgehead atoms. The molecule has 1 aliphatic heterocycles. The van der Waals surface area contributed by atoms with Crippen LogP contribution >= 0.6 is 0 Å². The first-order valence-corrected chi connectivity index (χ1v) is 5.93. The Kier molecular flexibility index (Phi) is 3.89. The van der Waals surface area contributed by atoms with E-state index in [9.17, 15) is 0 Å². The number of likely N-dealkylation sites (tertiary alicyclic amines) is 1. The Labute approximate surface area is 101 Å². The van der Waals surface area contributed by atoms with Crippen molar-refractivity contribution in [2.45, 2.75) is 12.8 Å². The number of rotatable bonds is 3. The molecular weight excluding hydrogens is 214 g/mol.